The predicted octanol–water partition coefficient (Wildman–Crippen LogP) is 6.16. The Morgan fingerprint density at radius 2 is 1.68 bits per heavy atom. The van der Waals surface area contributed by atoms with Gasteiger partial charge in [0, 0.05) is 37.7 Å². The van der Waals surface area contributed by atoms with Crippen molar-refractivity contribution >= 4 is 86.5 Å². The van der Waals surface area contributed by atoms with E-state index in [-0.39, 0.29) is 5.69 Å². The van der Waals surface area contributed by atoms with Crippen LogP contribution in [0.2, 0.25) is 20.1 Å². The average molecular weight is 585 g/mol. The number of hydrogen-bond donors (Lipinski definition) is 3. The number of carbonyl (C=O) groups excluding carboxylic acids is 2. The number of benzene rings is 3. The number of halogens is 4. The van der Waals surface area contributed by atoms with Crippen LogP contribution >= 0.6 is 46.4 Å². The number of hydrogen-bond acceptors (Lipinski definition) is 5. The molecule has 3 aliphatic heterocycles. The van der Waals surface area contributed by atoms with Gasteiger partial charge in [0.05, 0.1) is 28.4 Å². The molecule has 38 heavy (non-hydrogen) atoms. The first kappa shape index (κ1) is 23.9. The Labute approximate surface area is 236 Å². The van der Waals surface area contributed by atoms with Crippen molar-refractivity contribution < 1.29 is 9.59 Å². The van der Waals surface area contributed by atoms with Gasteiger partial charge in [-0.25, -0.2) is 9.89 Å². The van der Waals surface area contributed by atoms with E-state index in [4.69, 9.17) is 51.4 Å². The second-order valence-corrected chi connectivity index (χ2v) is 11.3. The molecule has 7 nitrogen and oxygen atoms in total. The lowest BCUT2D eigenvalue weighted by Crippen LogP contribution is -2.64. The third-order valence-corrected chi connectivity index (χ3v) is 8.37. The fourth-order valence-electron chi connectivity index (χ4n) is 5.92. The molecule has 190 valence electrons. The molecule has 0 saturated carbocycles. The van der Waals surface area contributed by atoms with Crippen molar-refractivity contribution in [2.75, 3.05) is 10.2 Å². The Bertz CT molecular complexity index is 1710. The number of amides is 2. The molecule has 3 atom stereocenters. The molecular weight excluding hydrogens is 568 g/mol. The monoisotopic (exact) mass is 583 g/mol. The first-order chi connectivity index (χ1) is 18.3. The van der Waals surface area contributed by atoms with E-state index in [1.807, 2.05) is 30.5 Å². The molecule has 3 aromatic carbocycles. The fourth-order valence-corrected chi connectivity index (χ4v) is 6.98. The van der Waals surface area contributed by atoms with Gasteiger partial charge in [-0.05, 0) is 48.4 Å². The van der Waals surface area contributed by atoms with Gasteiger partial charge in [-0.3, -0.25) is 9.59 Å². The number of aromatic amines is 1. The zero-order valence-corrected chi connectivity index (χ0v) is 22.4. The van der Waals surface area contributed by atoms with Crippen LogP contribution < -0.4 is 15.5 Å². The number of carbonyl (C=O) groups is 2. The quantitative estimate of drug-likeness (QED) is 0.251. The second kappa shape index (κ2) is 8.38. The summed E-state index contributed by atoms with van der Waals surface area (Å²) in [6.45, 7) is 0. The highest BCUT2D eigenvalue weighted by atomic mass is 35.5. The molecule has 1 fully saturated rings. The molecule has 3 aliphatic rings. The molecule has 11 heteroatoms. The van der Waals surface area contributed by atoms with Crippen LogP contribution in [0.5, 0.6) is 0 Å². The zero-order chi connectivity index (χ0) is 26.3. The second-order valence-electron chi connectivity index (χ2n) is 9.56. The first-order valence-electron chi connectivity index (χ1n) is 11.8. The van der Waals surface area contributed by atoms with Crippen LogP contribution in [0.4, 0.5) is 11.4 Å². The van der Waals surface area contributed by atoms with Crippen LogP contribution in [0.1, 0.15) is 11.1 Å². The number of aromatic nitrogens is 1. The number of guanidine groups is 1. The summed E-state index contributed by atoms with van der Waals surface area (Å²) >= 11 is 25.5. The van der Waals surface area contributed by atoms with Crippen LogP contribution in [0.15, 0.2) is 65.8 Å². The van der Waals surface area contributed by atoms with E-state index >= 15 is 0 Å². The van der Waals surface area contributed by atoms with Crippen molar-refractivity contribution in [3.05, 3.63) is 92.0 Å². The van der Waals surface area contributed by atoms with Gasteiger partial charge >= 0.3 is 0 Å². The number of fused-ring (bicyclic) bond motifs is 3. The highest BCUT2D eigenvalue weighted by molar-refractivity contribution is 6.39. The maximum absolute atomic E-state index is 14.4. The standard InChI is InChI=1S/C27H17Cl4N5O2/c28-13-6-14(29)8-16(7-13)36-24(37)22-21(5-12-11-32-20-4-2-1-3-17(12)20)33-26-34-23-18(9-15(30)10-19(23)31)27(22,35-26)25(36)38/h1-4,6-11,21-22,32H,5H2,(H2,33,34,35). The maximum Gasteiger partial charge on any atom is 0.265 e. The minimum atomic E-state index is -1.49. The molecule has 0 aliphatic carbocycles. The summed E-state index contributed by atoms with van der Waals surface area (Å²) < 4.78 is 0. The first-order valence-corrected chi connectivity index (χ1v) is 13.3. The summed E-state index contributed by atoms with van der Waals surface area (Å²) in [6.07, 6.45) is 2.33. The van der Waals surface area contributed by atoms with E-state index < -0.39 is 29.3 Å². The van der Waals surface area contributed by atoms with E-state index in [1.54, 1.807) is 30.3 Å². The van der Waals surface area contributed by atoms with E-state index in [0.717, 1.165) is 21.4 Å². The van der Waals surface area contributed by atoms with Crippen molar-refractivity contribution in [1.29, 1.82) is 0 Å². The van der Waals surface area contributed by atoms with Crippen LogP contribution in [-0.4, -0.2) is 28.8 Å². The summed E-state index contributed by atoms with van der Waals surface area (Å²) in [5.41, 5.74) is 1.72. The SMILES string of the molecule is O=C1C2C(Cc3c[nH]c4ccccc34)N=C3Nc4c(Cl)cc(Cl)cc4C2(N3)C(=O)N1c1cc(Cl)cc(Cl)c1. The largest absolute Gasteiger partial charge is 0.361 e. The molecular formula is C27H17Cl4N5O2. The van der Waals surface area contributed by atoms with Crippen molar-refractivity contribution in [3.8, 4) is 0 Å². The average Bonchev–Trinajstić information content (AvgIpc) is 3.36. The van der Waals surface area contributed by atoms with Gasteiger partial charge in [-0.15, -0.1) is 0 Å². The summed E-state index contributed by atoms with van der Waals surface area (Å²) in [6, 6.07) is 15.2. The molecule has 7 rings (SSSR count). The molecule has 3 N–H and O–H groups in total. The normalized spacial score (nSPS) is 23.6. The maximum atomic E-state index is 14.4. The van der Waals surface area contributed by atoms with Crippen molar-refractivity contribution in [2.45, 2.75) is 18.0 Å². The number of nitrogens with one attached hydrogen (secondary N) is 3. The summed E-state index contributed by atoms with van der Waals surface area (Å²) in [7, 11) is 0. The van der Waals surface area contributed by atoms with Gasteiger partial charge in [0.15, 0.2) is 11.5 Å². The van der Waals surface area contributed by atoms with Crippen molar-refractivity contribution in [2.24, 2.45) is 10.9 Å². The van der Waals surface area contributed by atoms with Gasteiger partial charge in [0.1, 0.15) is 0 Å². The van der Waals surface area contributed by atoms with Gasteiger partial charge in [0.25, 0.3) is 5.91 Å². The van der Waals surface area contributed by atoms with Crippen LogP contribution in [0.3, 0.4) is 0 Å². The highest BCUT2D eigenvalue weighted by Gasteiger charge is 2.67. The minimum absolute atomic E-state index is 0.281. The molecule has 1 spiro atoms. The molecule has 2 amide bonds. The fraction of sp³-hybridized carbons (Fsp3) is 0.148. The number of aliphatic imine (C=N–C) groups is 1. The van der Waals surface area contributed by atoms with Crippen LogP contribution in [0.25, 0.3) is 10.9 Å². The summed E-state index contributed by atoms with van der Waals surface area (Å²) in [5, 5.41) is 8.73. The lowest BCUT2D eigenvalue weighted by atomic mass is 9.72. The van der Waals surface area contributed by atoms with Gasteiger partial charge in [-0.2, -0.15) is 0 Å². The molecule has 3 unspecified atom stereocenters. The Hall–Kier alpha value is -3.23. The van der Waals surface area contributed by atoms with Crippen LogP contribution in [0, 0.1) is 5.92 Å². The Morgan fingerprint density at radius 3 is 2.47 bits per heavy atom. The number of H-pyrrole nitrogens is 1. The minimum Gasteiger partial charge on any atom is -0.361 e. The lowest BCUT2D eigenvalue weighted by Gasteiger charge is -2.45. The van der Waals surface area contributed by atoms with Gasteiger partial charge in [-0.1, -0.05) is 64.6 Å². The topological polar surface area (TPSA) is 89.6 Å². The highest BCUT2D eigenvalue weighted by Crippen LogP contribution is 2.52. The number of imide groups is 1. The smallest absolute Gasteiger partial charge is 0.265 e. The number of para-hydroxylation sites is 1. The predicted molar refractivity (Wildman–Crippen MR) is 151 cm³/mol. The van der Waals surface area contributed by atoms with Gasteiger partial charge < -0.3 is 15.6 Å². The van der Waals surface area contributed by atoms with E-state index in [2.05, 4.69) is 15.6 Å². The van der Waals surface area contributed by atoms with Crippen LogP contribution in [-0.2, 0) is 21.5 Å². The lowest BCUT2D eigenvalue weighted by molar-refractivity contribution is -0.123. The van der Waals surface area contributed by atoms with E-state index in [9.17, 15) is 9.59 Å². The molecule has 4 aromatic rings. The molecule has 1 aromatic heterocycles. The molecule has 2 bridgehead atoms. The molecule has 0 radical (unpaired) electrons. The molecule has 4 heterocycles. The number of nitrogens with zero attached hydrogens (tertiary/aromatic N) is 2. The Morgan fingerprint density at radius 1 is 0.947 bits per heavy atom. The summed E-state index contributed by atoms with van der Waals surface area (Å²) in [4.78, 5) is 38.0. The Kier molecular flexibility index (Phi) is 5.26. The van der Waals surface area contributed by atoms with Crippen molar-refractivity contribution in [3.63, 3.8) is 0 Å². The third-order valence-electron chi connectivity index (χ3n) is 7.42. The summed E-state index contributed by atoms with van der Waals surface area (Å²) in [5.74, 6) is -1.45. The van der Waals surface area contributed by atoms with E-state index in [0.29, 0.717) is 43.7 Å². The third kappa shape index (κ3) is 3.32. The van der Waals surface area contributed by atoms with Gasteiger partial charge in [0.2, 0.25) is 5.91 Å². The number of anilines is 2. The zero-order valence-electron chi connectivity index (χ0n) is 19.4. The van der Waals surface area contributed by atoms with Crippen molar-refractivity contribution in [1.82, 2.24) is 10.3 Å². The van der Waals surface area contributed by atoms with E-state index in [1.165, 1.54) is 0 Å². The Balaban J connectivity index is 1.44. The molecule has 1 saturated heterocycles. The number of rotatable bonds is 3.